The molecule has 0 saturated carbocycles. The average Bonchev–Trinajstić information content (AvgIpc) is 2.15. The number of rotatable bonds is 1. The molecule has 1 aromatic heterocycles. The molecule has 0 saturated heterocycles. The van der Waals surface area contributed by atoms with E-state index in [1.54, 1.807) is 13.0 Å². The number of aromatic nitrogens is 2. The minimum Gasteiger partial charge on any atom is -0.325 e. The van der Waals surface area contributed by atoms with Crippen molar-refractivity contribution in [2.45, 2.75) is 13.5 Å². The van der Waals surface area contributed by atoms with Crippen LogP contribution in [-0.4, -0.2) is 9.97 Å². The molecular formula is C10H10FN3. The number of benzene rings is 1. The summed E-state index contributed by atoms with van der Waals surface area (Å²) in [6.07, 6.45) is 0. The minimum atomic E-state index is -0.293. The lowest BCUT2D eigenvalue weighted by Crippen LogP contribution is -2.03. The zero-order valence-corrected chi connectivity index (χ0v) is 7.79. The van der Waals surface area contributed by atoms with Gasteiger partial charge in [0.15, 0.2) is 0 Å². The van der Waals surface area contributed by atoms with Gasteiger partial charge < -0.3 is 5.73 Å². The molecule has 14 heavy (non-hydrogen) atoms. The van der Waals surface area contributed by atoms with Gasteiger partial charge in [-0.25, -0.2) is 14.4 Å². The third-order valence-corrected chi connectivity index (χ3v) is 2.04. The van der Waals surface area contributed by atoms with Gasteiger partial charge in [0.1, 0.15) is 11.6 Å². The predicted octanol–water partition coefficient (Wildman–Crippen LogP) is 1.54. The van der Waals surface area contributed by atoms with E-state index in [-0.39, 0.29) is 5.82 Å². The molecule has 0 radical (unpaired) electrons. The highest BCUT2D eigenvalue weighted by Gasteiger charge is 2.04. The van der Waals surface area contributed by atoms with Crippen molar-refractivity contribution in [3.05, 3.63) is 35.5 Å². The third kappa shape index (κ3) is 1.44. The SMILES string of the molecule is Cc1nc(CN)c2ccc(F)cc2n1. The van der Waals surface area contributed by atoms with Crippen molar-refractivity contribution in [3.8, 4) is 0 Å². The maximum Gasteiger partial charge on any atom is 0.126 e. The summed E-state index contributed by atoms with van der Waals surface area (Å²) in [5.41, 5.74) is 6.90. The van der Waals surface area contributed by atoms with Crippen molar-refractivity contribution in [3.63, 3.8) is 0 Å². The summed E-state index contributed by atoms with van der Waals surface area (Å²) in [5, 5.41) is 0.819. The molecule has 72 valence electrons. The first-order valence-electron chi connectivity index (χ1n) is 4.33. The number of aryl methyl sites for hydroxylation is 1. The quantitative estimate of drug-likeness (QED) is 0.743. The number of nitrogens with two attached hydrogens (primary N) is 1. The standard InChI is InChI=1S/C10H10FN3/c1-6-13-9-4-7(11)2-3-8(9)10(5-12)14-6/h2-4H,5,12H2,1H3. The Hall–Kier alpha value is -1.55. The Balaban J connectivity index is 2.81. The minimum absolute atomic E-state index is 0.293. The van der Waals surface area contributed by atoms with Crippen molar-refractivity contribution in [2.24, 2.45) is 5.73 Å². The monoisotopic (exact) mass is 191 g/mol. The molecule has 1 heterocycles. The lowest BCUT2D eigenvalue weighted by molar-refractivity contribution is 0.629. The lowest BCUT2D eigenvalue weighted by atomic mass is 10.2. The third-order valence-electron chi connectivity index (χ3n) is 2.04. The van der Waals surface area contributed by atoms with Crippen LogP contribution >= 0.6 is 0 Å². The van der Waals surface area contributed by atoms with Gasteiger partial charge in [-0.1, -0.05) is 0 Å². The van der Waals surface area contributed by atoms with Crippen LogP contribution in [0.4, 0.5) is 4.39 Å². The first-order valence-corrected chi connectivity index (χ1v) is 4.33. The number of hydrogen-bond donors (Lipinski definition) is 1. The normalized spacial score (nSPS) is 10.8. The van der Waals surface area contributed by atoms with Crippen LogP contribution in [0.5, 0.6) is 0 Å². The zero-order valence-electron chi connectivity index (χ0n) is 7.79. The predicted molar refractivity (Wildman–Crippen MR) is 52.1 cm³/mol. The van der Waals surface area contributed by atoms with E-state index in [1.807, 2.05) is 0 Å². The van der Waals surface area contributed by atoms with E-state index in [1.165, 1.54) is 12.1 Å². The molecule has 0 atom stereocenters. The van der Waals surface area contributed by atoms with Crippen LogP contribution in [0.3, 0.4) is 0 Å². The highest BCUT2D eigenvalue weighted by molar-refractivity contribution is 5.80. The summed E-state index contributed by atoms with van der Waals surface area (Å²) in [6, 6.07) is 4.44. The first-order chi connectivity index (χ1) is 6.70. The van der Waals surface area contributed by atoms with Crippen molar-refractivity contribution in [1.82, 2.24) is 9.97 Å². The van der Waals surface area contributed by atoms with Crippen LogP contribution in [-0.2, 0) is 6.54 Å². The van der Waals surface area contributed by atoms with Crippen molar-refractivity contribution >= 4 is 10.9 Å². The van der Waals surface area contributed by atoms with Gasteiger partial charge in [0.2, 0.25) is 0 Å². The molecule has 0 amide bonds. The topological polar surface area (TPSA) is 51.8 Å². The van der Waals surface area contributed by atoms with Gasteiger partial charge in [0.05, 0.1) is 11.2 Å². The van der Waals surface area contributed by atoms with E-state index in [2.05, 4.69) is 9.97 Å². The molecule has 0 fully saturated rings. The smallest absolute Gasteiger partial charge is 0.126 e. The van der Waals surface area contributed by atoms with Crippen molar-refractivity contribution < 1.29 is 4.39 Å². The molecule has 2 N–H and O–H groups in total. The first kappa shape index (κ1) is 9.02. The Labute approximate surface area is 80.8 Å². The molecule has 0 spiro atoms. The van der Waals surface area contributed by atoms with Crippen molar-refractivity contribution in [2.75, 3.05) is 0 Å². The molecule has 3 nitrogen and oxygen atoms in total. The largest absolute Gasteiger partial charge is 0.325 e. The van der Waals surface area contributed by atoms with E-state index in [0.717, 1.165) is 11.1 Å². The summed E-state index contributed by atoms with van der Waals surface area (Å²) >= 11 is 0. The average molecular weight is 191 g/mol. The second-order valence-electron chi connectivity index (χ2n) is 3.08. The van der Waals surface area contributed by atoms with E-state index in [4.69, 9.17) is 5.73 Å². The Morgan fingerprint density at radius 2 is 2.14 bits per heavy atom. The maximum atomic E-state index is 12.9. The van der Waals surface area contributed by atoms with Crippen molar-refractivity contribution in [1.29, 1.82) is 0 Å². The molecule has 0 bridgehead atoms. The van der Waals surface area contributed by atoms with Gasteiger partial charge in [0.25, 0.3) is 0 Å². The number of fused-ring (bicyclic) bond motifs is 1. The van der Waals surface area contributed by atoms with Crippen LogP contribution in [0.15, 0.2) is 18.2 Å². The van der Waals surface area contributed by atoms with E-state index < -0.39 is 0 Å². The Bertz CT molecular complexity index is 477. The second kappa shape index (κ2) is 3.31. The summed E-state index contributed by atoms with van der Waals surface area (Å²) in [4.78, 5) is 8.33. The molecule has 2 aromatic rings. The molecule has 0 aliphatic carbocycles. The van der Waals surface area contributed by atoms with E-state index in [0.29, 0.717) is 17.9 Å². The van der Waals surface area contributed by atoms with Gasteiger partial charge in [-0.2, -0.15) is 0 Å². The molecule has 0 aliphatic heterocycles. The van der Waals surface area contributed by atoms with Gasteiger partial charge in [-0.05, 0) is 19.1 Å². The van der Waals surface area contributed by atoms with Gasteiger partial charge in [-0.3, -0.25) is 0 Å². The molecule has 0 aliphatic rings. The molecule has 1 aromatic carbocycles. The summed E-state index contributed by atoms with van der Waals surface area (Å²) in [7, 11) is 0. The zero-order chi connectivity index (χ0) is 10.1. The summed E-state index contributed by atoms with van der Waals surface area (Å²) < 4.78 is 12.9. The van der Waals surface area contributed by atoms with Crippen LogP contribution in [0.2, 0.25) is 0 Å². The van der Waals surface area contributed by atoms with Crippen LogP contribution in [0.1, 0.15) is 11.5 Å². The Morgan fingerprint density at radius 1 is 1.36 bits per heavy atom. The summed E-state index contributed by atoms with van der Waals surface area (Å²) in [6.45, 7) is 2.11. The van der Waals surface area contributed by atoms with Crippen LogP contribution in [0, 0.1) is 12.7 Å². The summed E-state index contributed by atoms with van der Waals surface area (Å²) in [5.74, 6) is 0.321. The highest BCUT2D eigenvalue weighted by Crippen LogP contribution is 2.16. The van der Waals surface area contributed by atoms with E-state index in [9.17, 15) is 4.39 Å². The highest BCUT2D eigenvalue weighted by atomic mass is 19.1. The number of nitrogens with zero attached hydrogens (tertiary/aromatic N) is 2. The molecular weight excluding hydrogens is 181 g/mol. The molecule has 2 rings (SSSR count). The van der Waals surface area contributed by atoms with Gasteiger partial charge in [0, 0.05) is 18.0 Å². The fourth-order valence-electron chi connectivity index (χ4n) is 1.45. The van der Waals surface area contributed by atoms with Gasteiger partial charge in [-0.15, -0.1) is 0 Å². The van der Waals surface area contributed by atoms with Gasteiger partial charge >= 0.3 is 0 Å². The lowest BCUT2D eigenvalue weighted by Gasteiger charge is -2.04. The van der Waals surface area contributed by atoms with Crippen LogP contribution < -0.4 is 5.73 Å². The van der Waals surface area contributed by atoms with E-state index >= 15 is 0 Å². The fourth-order valence-corrected chi connectivity index (χ4v) is 1.45. The molecule has 4 heteroatoms. The number of halogens is 1. The number of hydrogen-bond acceptors (Lipinski definition) is 3. The maximum absolute atomic E-state index is 12.9. The Kier molecular flexibility index (Phi) is 2.13. The fraction of sp³-hybridized carbons (Fsp3) is 0.200. The second-order valence-corrected chi connectivity index (χ2v) is 3.08. The molecule has 0 unspecified atom stereocenters. The Morgan fingerprint density at radius 3 is 2.86 bits per heavy atom. The van der Waals surface area contributed by atoms with Crippen LogP contribution in [0.25, 0.3) is 10.9 Å².